The first-order chi connectivity index (χ1) is 12.6. The molecule has 0 spiro atoms. The van der Waals surface area contributed by atoms with Crippen LogP contribution in [-0.2, 0) is 9.53 Å². The molecular weight excluding hydrogens is 386 g/mol. The number of halogens is 1. The van der Waals surface area contributed by atoms with Crippen molar-refractivity contribution >= 4 is 53.2 Å². The van der Waals surface area contributed by atoms with E-state index in [4.69, 9.17) is 4.74 Å². The predicted molar refractivity (Wildman–Crippen MR) is 111 cm³/mol. The Morgan fingerprint density at radius 1 is 1.11 bits per heavy atom. The zero-order valence-corrected chi connectivity index (χ0v) is 16.8. The van der Waals surface area contributed by atoms with Crippen LogP contribution in [0.1, 0.15) is 13.3 Å². The van der Waals surface area contributed by atoms with Crippen molar-refractivity contribution in [2.45, 2.75) is 23.1 Å². The number of hydrogen-bond acceptors (Lipinski definition) is 5. The molecule has 144 valence electrons. The third kappa shape index (κ3) is 4.74. The Bertz CT molecular complexity index is 832. The fourth-order valence-corrected chi connectivity index (χ4v) is 3.77. The average Bonchev–Trinajstić information content (AvgIpc) is 2.64. The van der Waals surface area contributed by atoms with Crippen LogP contribution in [0, 0.1) is 0 Å². The monoisotopic (exact) mass is 407 g/mol. The fraction of sp³-hybridized carbons (Fsp3) is 0.263. The maximum Gasteiger partial charge on any atom is 0.411 e. The molecule has 0 saturated carbocycles. The zero-order chi connectivity index (χ0) is 18.5. The number of rotatable bonds is 5. The van der Waals surface area contributed by atoms with E-state index in [1.807, 2.05) is 49.5 Å². The van der Waals surface area contributed by atoms with E-state index in [2.05, 4.69) is 10.6 Å². The molecule has 2 aromatic rings. The molecule has 0 saturated heterocycles. The van der Waals surface area contributed by atoms with Gasteiger partial charge < -0.3 is 10.1 Å². The van der Waals surface area contributed by atoms with Crippen LogP contribution in [0.25, 0.3) is 0 Å². The number of benzene rings is 2. The highest BCUT2D eigenvalue weighted by atomic mass is 35.5. The molecule has 1 heterocycles. The Labute approximate surface area is 169 Å². The van der Waals surface area contributed by atoms with E-state index in [9.17, 15) is 9.59 Å². The van der Waals surface area contributed by atoms with Crippen LogP contribution in [0.2, 0.25) is 0 Å². The summed E-state index contributed by atoms with van der Waals surface area (Å²) in [6.45, 7) is 2.65. The molecule has 1 aliphatic heterocycles. The zero-order valence-electron chi connectivity index (χ0n) is 15.2. The highest BCUT2D eigenvalue weighted by molar-refractivity contribution is 7.99. The summed E-state index contributed by atoms with van der Waals surface area (Å²) in [6.07, 6.45) is -0.130. The molecule has 0 aliphatic carbocycles. The van der Waals surface area contributed by atoms with E-state index in [1.54, 1.807) is 23.6 Å². The minimum absolute atomic E-state index is 0. The number of hydrogen-bond donors (Lipinski definition) is 2. The smallest absolute Gasteiger partial charge is 0.411 e. The molecule has 0 fully saturated rings. The SMILES string of the molecule is CCOC(=O)Nc1ccc2c(c1)N(C(=O)CCNC)c1ccccc1S2.Cl. The summed E-state index contributed by atoms with van der Waals surface area (Å²) in [6, 6.07) is 13.4. The number of carbonyl (C=O) groups excluding carboxylic acids is 2. The summed E-state index contributed by atoms with van der Waals surface area (Å²) >= 11 is 1.61. The Balaban J connectivity index is 0.00000261. The van der Waals surface area contributed by atoms with Gasteiger partial charge in [-0.15, -0.1) is 12.4 Å². The summed E-state index contributed by atoms with van der Waals surface area (Å²) in [4.78, 5) is 28.3. The number of fused-ring (bicyclic) bond motifs is 2. The van der Waals surface area contributed by atoms with Crippen molar-refractivity contribution in [3.05, 3.63) is 42.5 Å². The molecule has 6 nitrogen and oxygen atoms in total. The highest BCUT2D eigenvalue weighted by Gasteiger charge is 2.28. The quantitative estimate of drug-likeness (QED) is 0.767. The lowest BCUT2D eigenvalue weighted by molar-refractivity contribution is -0.117. The Morgan fingerprint density at radius 2 is 1.85 bits per heavy atom. The fourth-order valence-electron chi connectivity index (χ4n) is 2.73. The number of ether oxygens (including phenoxy) is 1. The van der Waals surface area contributed by atoms with Crippen molar-refractivity contribution in [2.24, 2.45) is 0 Å². The third-order valence-electron chi connectivity index (χ3n) is 3.89. The molecule has 0 atom stereocenters. The Hall–Kier alpha value is -2.22. The summed E-state index contributed by atoms with van der Waals surface area (Å²) in [7, 11) is 1.82. The van der Waals surface area contributed by atoms with Gasteiger partial charge in [0.15, 0.2) is 0 Å². The lowest BCUT2D eigenvalue weighted by Crippen LogP contribution is -2.30. The van der Waals surface area contributed by atoms with Gasteiger partial charge in [0.25, 0.3) is 0 Å². The molecule has 3 rings (SSSR count). The van der Waals surface area contributed by atoms with Crippen molar-refractivity contribution in [1.82, 2.24) is 5.32 Å². The maximum absolute atomic E-state index is 12.9. The van der Waals surface area contributed by atoms with Crippen LogP contribution in [0.3, 0.4) is 0 Å². The Morgan fingerprint density at radius 3 is 2.59 bits per heavy atom. The molecule has 2 amide bonds. The lowest BCUT2D eigenvalue weighted by Gasteiger charge is -2.31. The van der Waals surface area contributed by atoms with E-state index in [0.29, 0.717) is 25.3 Å². The summed E-state index contributed by atoms with van der Waals surface area (Å²) in [5, 5.41) is 5.71. The summed E-state index contributed by atoms with van der Waals surface area (Å²) in [5.41, 5.74) is 2.22. The highest BCUT2D eigenvalue weighted by Crippen LogP contribution is 2.49. The second-order valence-corrected chi connectivity index (χ2v) is 6.76. The van der Waals surface area contributed by atoms with Crippen LogP contribution in [0.15, 0.2) is 52.3 Å². The van der Waals surface area contributed by atoms with Gasteiger partial charge in [0.05, 0.1) is 18.0 Å². The minimum atomic E-state index is -0.510. The van der Waals surface area contributed by atoms with Gasteiger partial charge in [0.1, 0.15) is 0 Å². The van der Waals surface area contributed by atoms with E-state index in [-0.39, 0.29) is 18.3 Å². The van der Waals surface area contributed by atoms with E-state index in [1.165, 1.54) is 0 Å². The molecule has 0 radical (unpaired) electrons. The molecule has 0 unspecified atom stereocenters. The van der Waals surface area contributed by atoms with Gasteiger partial charge in [-0.2, -0.15) is 0 Å². The van der Waals surface area contributed by atoms with Crippen molar-refractivity contribution in [3.63, 3.8) is 0 Å². The number of carbonyl (C=O) groups is 2. The normalized spacial score (nSPS) is 11.7. The molecule has 1 aliphatic rings. The van der Waals surface area contributed by atoms with Crippen molar-refractivity contribution in [3.8, 4) is 0 Å². The number of anilines is 3. The summed E-state index contributed by atoms with van der Waals surface area (Å²) < 4.78 is 4.93. The number of nitrogens with one attached hydrogen (secondary N) is 2. The number of para-hydroxylation sites is 1. The van der Waals surface area contributed by atoms with Crippen molar-refractivity contribution in [1.29, 1.82) is 0 Å². The van der Waals surface area contributed by atoms with Crippen LogP contribution in [0.5, 0.6) is 0 Å². The lowest BCUT2D eigenvalue weighted by atomic mass is 10.2. The number of amides is 2. The first-order valence-electron chi connectivity index (χ1n) is 8.46. The second-order valence-electron chi connectivity index (χ2n) is 5.68. The van der Waals surface area contributed by atoms with Gasteiger partial charge in [-0.25, -0.2) is 4.79 Å². The molecule has 27 heavy (non-hydrogen) atoms. The molecule has 8 heteroatoms. The van der Waals surface area contributed by atoms with Gasteiger partial charge in [-0.3, -0.25) is 15.0 Å². The van der Waals surface area contributed by atoms with Gasteiger partial charge in [0, 0.05) is 28.4 Å². The molecule has 0 aromatic heterocycles. The van der Waals surface area contributed by atoms with Gasteiger partial charge in [-0.05, 0) is 44.3 Å². The maximum atomic E-state index is 12.9. The standard InChI is InChI=1S/C19H21N3O3S.ClH/c1-3-25-19(24)21-13-8-9-17-15(12-13)22(18(23)10-11-20-2)14-6-4-5-7-16(14)26-17;/h4-9,12,20H,3,10-11H2,1-2H3,(H,21,24);1H. The first kappa shape index (κ1) is 21.1. The van der Waals surface area contributed by atoms with Crippen molar-refractivity contribution < 1.29 is 14.3 Å². The van der Waals surface area contributed by atoms with Crippen molar-refractivity contribution in [2.75, 3.05) is 30.4 Å². The van der Waals surface area contributed by atoms with Crippen LogP contribution >= 0.6 is 24.2 Å². The third-order valence-corrected chi connectivity index (χ3v) is 5.02. The minimum Gasteiger partial charge on any atom is -0.450 e. The molecule has 2 aromatic carbocycles. The number of nitrogens with zero attached hydrogens (tertiary/aromatic N) is 1. The Kier molecular flexibility index (Phi) is 7.53. The predicted octanol–water partition coefficient (Wildman–Crippen LogP) is 4.42. The van der Waals surface area contributed by atoms with Gasteiger partial charge in [0.2, 0.25) is 5.91 Å². The van der Waals surface area contributed by atoms with Gasteiger partial charge in [-0.1, -0.05) is 23.9 Å². The average molecular weight is 408 g/mol. The molecule has 0 bridgehead atoms. The summed E-state index contributed by atoms with van der Waals surface area (Å²) in [5.74, 6) is 0.00151. The topological polar surface area (TPSA) is 70.7 Å². The molecule has 2 N–H and O–H groups in total. The second kappa shape index (κ2) is 9.64. The van der Waals surface area contributed by atoms with E-state index < -0.39 is 6.09 Å². The van der Waals surface area contributed by atoms with Crippen LogP contribution in [-0.4, -0.2) is 32.2 Å². The van der Waals surface area contributed by atoms with E-state index >= 15 is 0 Å². The molecular formula is C19H22ClN3O3S. The van der Waals surface area contributed by atoms with Crippen LogP contribution in [0.4, 0.5) is 21.9 Å². The van der Waals surface area contributed by atoms with Gasteiger partial charge >= 0.3 is 6.09 Å². The largest absolute Gasteiger partial charge is 0.450 e. The van der Waals surface area contributed by atoms with Crippen LogP contribution < -0.4 is 15.5 Å². The first-order valence-corrected chi connectivity index (χ1v) is 9.28. The van der Waals surface area contributed by atoms with E-state index in [0.717, 1.165) is 21.2 Å².